The lowest BCUT2D eigenvalue weighted by Gasteiger charge is -2.04. The largest absolute Gasteiger partial charge is 0.422 e. The molecule has 0 spiro atoms. The maximum Gasteiger partial charge on any atom is 0.345 e. The molecule has 0 saturated carbocycles. The van der Waals surface area contributed by atoms with Crippen LogP contribution >= 0.6 is 11.3 Å². The number of rotatable bonds is 4. The summed E-state index contributed by atoms with van der Waals surface area (Å²) in [6.07, 6.45) is 2.78. The van der Waals surface area contributed by atoms with Crippen LogP contribution in [0.4, 0.5) is 0 Å². The zero-order chi connectivity index (χ0) is 22.1. The van der Waals surface area contributed by atoms with Crippen molar-refractivity contribution in [3.8, 4) is 17.3 Å². The minimum absolute atomic E-state index is 0.390. The summed E-state index contributed by atoms with van der Waals surface area (Å²) in [6, 6.07) is 23.9. The van der Waals surface area contributed by atoms with E-state index in [1.54, 1.807) is 5.38 Å². The molecule has 154 valence electrons. The Bertz CT molecular complexity index is 1580. The van der Waals surface area contributed by atoms with Gasteiger partial charge < -0.3 is 4.42 Å². The van der Waals surface area contributed by atoms with Crippen molar-refractivity contribution >= 4 is 44.7 Å². The number of allylic oxidation sites excluding steroid dienone is 1. The lowest BCUT2D eigenvalue weighted by atomic mass is 10.0. The van der Waals surface area contributed by atoms with Gasteiger partial charge in [-0.05, 0) is 46.5 Å². The summed E-state index contributed by atoms with van der Waals surface area (Å²) < 4.78 is 5.60. The zero-order valence-electron chi connectivity index (χ0n) is 17.3. The van der Waals surface area contributed by atoms with Crippen molar-refractivity contribution in [2.24, 2.45) is 0 Å². The van der Waals surface area contributed by atoms with Crippen molar-refractivity contribution in [2.75, 3.05) is 0 Å². The molecule has 0 unspecified atom stereocenters. The van der Waals surface area contributed by atoms with E-state index in [9.17, 15) is 10.1 Å². The van der Waals surface area contributed by atoms with E-state index >= 15 is 0 Å². The maximum absolute atomic E-state index is 12.7. The van der Waals surface area contributed by atoms with Gasteiger partial charge in [-0.1, -0.05) is 61.5 Å². The van der Waals surface area contributed by atoms with E-state index in [2.05, 4.69) is 30.1 Å². The van der Waals surface area contributed by atoms with E-state index < -0.39 is 5.63 Å². The first-order valence-electron chi connectivity index (χ1n) is 10.3. The molecule has 0 aliphatic carbocycles. The van der Waals surface area contributed by atoms with Gasteiger partial charge in [-0.3, -0.25) is 0 Å². The number of thiazole rings is 1. The molecule has 3 aromatic carbocycles. The number of hydrogen-bond donors (Lipinski definition) is 0. The molecule has 0 N–H and O–H groups in total. The molecule has 5 aromatic rings. The van der Waals surface area contributed by atoms with Crippen LogP contribution in [-0.4, -0.2) is 4.98 Å². The third-order valence-electron chi connectivity index (χ3n) is 5.47. The molecule has 0 aliphatic heterocycles. The monoisotopic (exact) mass is 434 g/mol. The fourth-order valence-electron chi connectivity index (χ4n) is 3.73. The third kappa shape index (κ3) is 3.62. The second kappa shape index (κ2) is 8.26. The van der Waals surface area contributed by atoms with Gasteiger partial charge in [-0.25, -0.2) is 9.78 Å². The molecule has 5 rings (SSSR count). The normalized spacial score (nSPS) is 11.7. The van der Waals surface area contributed by atoms with Crippen LogP contribution in [0.1, 0.15) is 23.1 Å². The number of fused-ring (bicyclic) bond motifs is 3. The first kappa shape index (κ1) is 19.9. The molecule has 0 fully saturated rings. The average molecular weight is 435 g/mol. The van der Waals surface area contributed by atoms with Crippen molar-refractivity contribution in [1.82, 2.24) is 4.98 Å². The van der Waals surface area contributed by atoms with Crippen LogP contribution in [0.2, 0.25) is 0 Å². The van der Waals surface area contributed by atoms with Gasteiger partial charge in [0.2, 0.25) is 0 Å². The highest BCUT2D eigenvalue weighted by Crippen LogP contribution is 2.30. The van der Waals surface area contributed by atoms with Crippen LogP contribution in [0.3, 0.4) is 0 Å². The summed E-state index contributed by atoms with van der Waals surface area (Å²) in [4.78, 5) is 17.3. The van der Waals surface area contributed by atoms with Gasteiger partial charge in [0, 0.05) is 10.8 Å². The number of nitriles is 1. The van der Waals surface area contributed by atoms with Crippen molar-refractivity contribution in [3.05, 3.63) is 98.7 Å². The summed E-state index contributed by atoms with van der Waals surface area (Å²) >= 11 is 1.34. The van der Waals surface area contributed by atoms with Crippen molar-refractivity contribution < 1.29 is 4.42 Å². The van der Waals surface area contributed by atoms with Gasteiger partial charge in [0.15, 0.2) is 0 Å². The molecular formula is C27H18N2O2S. The predicted molar refractivity (Wildman–Crippen MR) is 130 cm³/mol. The number of hydrogen-bond acceptors (Lipinski definition) is 5. The third-order valence-corrected chi connectivity index (χ3v) is 6.35. The van der Waals surface area contributed by atoms with Crippen LogP contribution in [0.5, 0.6) is 0 Å². The van der Waals surface area contributed by atoms with E-state index in [4.69, 9.17) is 4.42 Å². The SMILES string of the molecule is CCc1ccc(/C=C(\C#N)c2nc(-c3cc4c(ccc5ccccc54)oc3=O)cs2)cc1. The van der Waals surface area contributed by atoms with Crippen LogP contribution in [-0.2, 0) is 6.42 Å². The van der Waals surface area contributed by atoms with E-state index in [1.165, 1.54) is 16.9 Å². The Balaban J connectivity index is 1.58. The first-order valence-corrected chi connectivity index (χ1v) is 11.2. The van der Waals surface area contributed by atoms with E-state index in [-0.39, 0.29) is 0 Å². The Kier molecular flexibility index (Phi) is 5.14. The van der Waals surface area contributed by atoms with Crippen LogP contribution < -0.4 is 5.63 Å². The Hall–Kier alpha value is -4.01. The highest BCUT2D eigenvalue weighted by atomic mass is 32.1. The van der Waals surface area contributed by atoms with Gasteiger partial charge in [-0.15, -0.1) is 11.3 Å². The molecule has 0 radical (unpaired) electrons. The van der Waals surface area contributed by atoms with E-state index in [0.29, 0.717) is 27.4 Å². The molecule has 2 aromatic heterocycles. The molecule has 4 nitrogen and oxygen atoms in total. The van der Waals surface area contributed by atoms with Crippen molar-refractivity contribution in [3.63, 3.8) is 0 Å². The fourth-order valence-corrected chi connectivity index (χ4v) is 4.51. The fraction of sp³-hybridized carbons (Fsp3) is 0.0741. The summed E-state index contributed by atoms with van der Waals surface area (Å²) in [5.41, 5.74) is 3.64. The molecule has 0 amide bonds. The van der Waals surface area contributed by atoms with Crippen LogP contribution in [0.15, 0.2) is 81.3 Å². The molecule has 0 atom stereocenters. The van der Waals surface area contributed by atoms with E-state index in [1.807, 2.05) is 60.7 Å². The van der Waals surface area contributed by atoms with Crippen molar-refractivity contribution in [2.45, 2.75) is 13.3 Å². The Morgan fingerprint density at radius 2 is 1.91 bits per heavy atom. The Labute approximate surface area is 188 Å². The summed E-state index contributed by atoms with van der Waals surface area (Å²) in [5, 5.41) is 15.0. The smallest absolute Gasteiger partial charge is 0.345 e. The summed E-state index contributed by atoms with van der Waals surface area (Å²) in [6.45, 7) is 2.11. The summed E-state index contributed by atoms with van der Waals surface area (Å²) in [5.74, 6) is 0. The zero-order valence-corrected chi connectivity index (χ0v) is 18.1. The Morgan fingerprint density at radius 3 is 2.69 bits per heavy atom. The van der Waals surface area contributed by atoms with Gasteiger partial charge in [0.05, 0.1) is 16.8 Å². The topological polar surface area (TPSA) is 66.9 Å². The molecule has 0 saturated heterocycles. The second-order valence-electron chi connectivity index (χ2n) is 7.45. The quantitative estimate of drug-likeness (QED) is 0.179. The maximum atomic E-state index is 12.7. The van der Waals surface area contributed by atoms with Gasteiger partial charge >= 0.3 is 5.63 Å². The van der Waals surface area contributed by atoms with Crippen molar-refractivity contribution in [1.29, 1.82) is 5.26 Å². The first-order chi connectivity index (χ1) is 15.7. The minimum Gasteiger partial charge on any atom is -0.422 e. The summed E-state index contributed by atoms with van der Waals surface area (Å²) in [7, 11) is 0. The molecular weight excluding hydrogens is 416 g/mol. The molecule has 32 heavy (non-hydrogen) atoms. The van der Waals surface area contributed by atoms with Crippen LogP contribution in [0.25, 0.3) is 44.6 Å². The second-order valence-corrected chi connectivity index (χ2v) is 8.31. The lowest BCUT2D eigenvalue weighted by molar-refractivity contribution is 0.563. The number of benzene rings is 3. The standard InChI is InChI=1S/C27H18N2O2S/c1-2-17-7-9-18(10-8-17)13-20(15-28)26-29-24(16-32-26)23-14-22-21-6-4-3-5-19(21)11-12-25(22)31-27(23)30/h3-14,16H,2H2,1H3/b20-13+. The lowest BCUT2D eigenvalue weighted by Crippen LogP contribution is -2.03. The van der Waals surface area contributed by atoms with Crippen LogP contribution in [0, 0.1) is 11.3 Å². The highest BCUT2D eigenvalue weighted by Gasteiger charge is 2.15. The van der Waals surface area contributed by atoms with E-state index in [0.717, 1.165) is 28.1 Å². The molecule has 2 heterocycles. The predicted octanol–water partition coefficient (Wildman–Crippen LogP) is 6.70. The molecule has 0 aliphatic rings. The molecule has 0 bridgehead atoms. The number of nitrogens with zero attached hydrogens (tertiary/aromatic N) is 2. The minimum atomic E-state index is -0.442. The number of aromatic nitrogens is 1. The molecule has 5 heteroatoms. The highest BCUT2D eigenvalue weighted by molar-refractivity contribution is 7.11. The van der Waals surface area contributed by atoms with Gasteiger partial charge in [0.1, 0.15) is 16.7 Å². The number of aryl methyl sites for hydroxylation is 1. The van der Waals surface area contributed by atoms with Gasteiger partial charge in [-0.2, -0.15) is 5.26 Å². The average Bonchev–Trinajstić information content (AvgIpc) is 3.32. The Morgan fingerprint density at radius 1 is 1.09 bits per heavy atom. The van der Waals surface area contributed by atoms with Gasteiger partial charge in [0.25, 0.3) is 0 Å².